The van der Waals surface area contributed by atoms with Crippen LogP contribution in [0.1, 0.15) is 64.7 Å². The lowest BCUT2D eigenvalue weighted by molar-refractivity contribution is -0.131. The Morgan fingerprint density at radius 2 is 1.44 bits per heavy atom. The highest BCUT2D eigenvalue weighted by Gasteiger charge is 2.21. The molecule has 0 radical (unpaired) electrons. The molecule has 0 aromatic rings. The van der Waals surface area contributed by atoms with E-state index in [0.717, 1.165) is 12.8 Å². The van der Waals surface area contributed by atoms with E-state index in [0.29, 0.717) is 6.42 Å². The summed E-state index contributed by atoms with van der Waals surface area (Å²) in [4.78, 5) is 22.4. The summed E-state index contributed by atoms with van der Waals surface area (Å²) in [6, 6.07) is 0. The molecule has 0 spiro atoms. The second-order valence-corrected chi connectivity index (χ2v) is 4.89. The fourth-order valence-electron chi connectivity index (χ4n) is 2.09. The zero-order valence-electron chi connectivity index (χ0n) is 11.6. The molecule has 0 heterocycles. The minimum atomic E-state index is -0.671. The van der Waals surface area contributed by atoms with Crippen LogP contribution in [0.2, 0.25) is 0 Å². The van der Waals surface area contributed by atoms with Gasteiger partial charge in [0, 0.05) is 0 Å². The molecule has 0 saturated heterocycles. The zero-order valence-corrected chi connectivity index (χ0v) is 11.6. The smallest absolute Gasteiger partial charge is 0.228 e. The maximum absolute atomic E-state index is 11.4. The molecule has 4 N–H and O–H groups in total. The van der Waals surface area contributed by atoms with Crippen molar-refractivity contribution in [2.75, 3.05) is 6.54 Å². The molecule has 0 aliphatic heterocycles. The Balaban J connectivity index is 3.56. The number of unbranched alkanes of at least 4 members (excludes halogenated alkanes) is 7. The summed E-state index contributed by atoms with van der Waals surface area (Å²) in [5, 5.41) is 0. The molecule has 106 valence electrons. The van der Waals surface area contributed by atoms with Crippen LogP contribution in [0, 0.1) is 5.92 Å². The van der Waals surface area contributed by atoms with Crippen molar-refractivity contribution in [1.82, 2.24) is 0 Å². The molecule has 0 aliphatic rings. The molecule has 0 aliphatic carbocycles. The van der Waals surface area contributed by atoms with Gasteiger partial charge in [-0.3, -0.25) is 9.59 Å². The van der Waals surface area contributed by atoms with Gasteiger partial charge in [-0.15, -0.1) is 0 Å². The predicted octanol–water partition coefficient (Wildman–Crippen LogP) is 2.15. The van der Waals surface area contributed by atoms with E-state index in [2.05, 4.69) is 6.92 Å². The summed E-state index contributed by atoms with van der Waals surface area (Å²) in [7, 11) is 0. The number of nitrogens with two attached hydrogens (primary N) is 2. The number of carbonyl (C=O) groups excluding carboxylic acids is 2. The van der Waals surface area contributed by atoms with Crippen LogP contribution in [0.15, 0.2) is 0 Å². The molecule has 1 unspecified atom stereocenters. The molecule has 0 aromatic carbocycles. The van der Waals surface area contributed by atoms with Crippen molar-refractivity contribution in [3.8, 4) is 0 Å². The van der Waals surface area contributed by atoms with Gasteiger partial charge >= 0.3 is 0 Å². The summed E-state index contributed by atoms with van der Waals surface area (Å²) in [5.74, 6) is -1.44. The van der Waals surface area contributed by atoms with Gasteiger partial charge in [-0.2, -0.15) is 0 Å². The maximum Gasteiger partial charge on any atom is 0.228 e. The van der Waals surface area contributed by atoms with Gasteiger partial charge in [0.05, 0.1) is 12.5 Å². The number of rotatable bonds is 12. The number of carbonyl (C=O) groups is 2. The van der Waals surface area contributed by atoms with Gasteiger partial charge in [0.25, 0.3) is 0 Å². The minimum Gasteiger partial charge on any atom is -0.369 e. The predicted molar refractivity (Wildman–Crippen MR) is 74.0 cm³/mol. The maximum atomic E-state index is 11.4. The van der Waals surface area contributed by atoms with Crippen LogP contribution in [-0.2, 0) is 9.59 Å². The molecule has 1 atom stereocenters. The van der Waals surface area contributed by atoms with Gasteiger partial charge in [-0.05, 0) is 6.42 Å². The topological polar surface area (TPSA) is 86.2 Å². The Morgan fingerprint density at radius 3 is 1.89 bits per heavy atom. The lowest BCUT2D eigenvalue weighted by atomic mass is 9.95. The number of hydrogen-bond acceptors (Lipinski definition) is 3. The van der Waals surface area contributed by atoms with E-state index < -0.39 is 11.8 Å². The van der Waals surface area contributed by atoms with Crippen molar-refractivity contribution in [2.45, 2.75) is 64.7 Å². The van der Waals surface area contributed by atoms with Crippen LogP contribution in [0.4, 0.5) is 0 Å². The Labute approximate surface area is 110 Å². The van der Waals surface area contributed by atoms with Crippen LogP contribution in [0.3, 0.4) is 0 Å². The molecule has 18 heavy (non-hydrogen) atoms. The molecule has 0 fully saturated rings. The number of primary amides is 1. The molecule has 1 amide bonds. The minimum absolute atomic E-state index is 0.0926. The van der Waals surface area contributed by atoms with E-state index in [1.54, 1.807) is 0 Å². The lowest BCUT2D eigenvalue weighted by Gasteiger charge is -2.10. The van der Waals surface area contributed by atoms with E-state index in [4.69, 9.17) is 11.5 Å². The van der Waals surface area contributed by atoms with Crippen molar-refractivity contribution in [3.05, 3.63) is 0 Å². The second kappa shape index (κ2) is 11.2. The third kappa shape index (κ3) is 8.23. The summed E-state index contributed by atoms with van der Waals surface area (Å²) >= 11 is 0. The standard InChI is InChI=1S/C14H28N2O2/c1-2-3-4-5-6-7-8-9-10-12(14(16)18)13(17)11-15/h12H,2-11,15H2,1H3,(H2,16,18). The molecular weight excluding hydrogens is 228 g/mol. The fraction of sp³-hybridized carbons (Fsp3) is 0.857. The molecule has 0 aromatic heterocycles. The first-order valence-electron chi connectivity index (χ1n) is 7.15. The first-order valence-corrected chi connectivity index (χ1v) is 7.15. The highest BCUT2D eigenvalue weighted by molar-refractivity contribution is 6.01. The number of amides is 1. The summed E-state index contributed by atoms with van der Waals surface area (Å²) in [6.45, 7) is 2.11. The summed E-state index contributed by atoms with van der Waals surface area (Å²) in [5.41, 5.74) is 10.4. The first-order chi connectivity index (χ1) is 8.63. The van der Waals surface area contributed by atoms with E-state index in [9.17, 15) is 9.59 Å². The zero-order chi connectivity index (χ0) is 13.8. The van der Waals surface area contributed by atoms with Crippen molar-refractivity contribution < 1.29 is 9.59 Å². The normalized spacial score (nSPS) is 12.3. The largest absolute Gasteiger partial charge is 0.369 e. The lowest BCUT2D eigenvalue weighted by Crippen LogP contribution is -2.34. The Hall–Kier alpha value is -0.900. The van der Waals surface area contributed by atoms with Crippen molar-refractivity contribution in [3.63, 3.8) is 0 Å². The van der Waals surface area contributed by atoms with Gasteiger partial charge in [-0.1, -0.05) is 58.3 Å². The van der Waals surface area contributed by atoms with E-state index in [1.807, 2.05) is 0 Å². The third-order valence-corrected chi connectivity index (χ3v) is 3.28. The number of hydrogen-bond donors (Lipinski definition) is 2. The van der Waals surface area contributed by atoms with Crippen LogP contribution >= 0.6 is 0 Å². The van der Waals surface area contributed by atoms with Gasteiger partial charge in [0.15, 0.2) is 5.78 Å². The van der Waals surface area contributed by atoms with E-state index in [1.165, 1.54) is 38.5 Å². The van der Waals surface area contributed by atoms with Crippen LogP contribution in [0.25, 0.3) is 0 Å². The average molecular weight is 256 g/mol. The quantitative estimate of drug-likeness (QED) is 0.414. The van der Waals surface area contributed by atoms with E-state index in [-0.39, 0.29) is 12.3 Å². The Bertz CT molecular complexity index is 242. The second-order valence-electron chi connectivity index (χ2n) is 4.89. The molecule has 0 rings (SSSR count). The summed E-state index contributed by atoms with van der Waals surface area (Å²) in [6.07, 6.45) is 10.1. The van der Waals surface area contributed by atoms with Gasteiger partial charge in [0.1, 0.15) is 0 Å². The monoisotopic (exact) mass is 256 g/mol. The van der Waals surface area contributed by atoms with Crippen molar-refractivity contribution in [1.29, 1.82) is 0 Å². The van der Waals surface area contributed by atoms with Crippen LogP contribution < -0.4 is 11.5 Å². The van der Waals surface area contributed by atoms with Gasteiger partial charge < -0.3 is 11.5 Å². The average Bonchev–Trinajstić information content (AvgIpc) is 2.35. The molecule has 0 saturated carbocycles. The number of Topliss-reactive ketones (excluding diaryl/α,β-unsaturated/α-hetero) is 1. The highest BCUT2D eigenvalue weighted by Crippen LogP contribution is 2.13. The molecule has 4 nitrogen and oxygen atoms in total. The molecule has 4 heteroatoms. The van der Waals surface area contributed by atoms with Crippen LogP contribution in [0.5, 0.6) is 0 Å². The van der Waals surface area contributed by atoms with Crippen molar-refractivity contribution >= 4 is 11.7 Å². The van der Waals surface area contributed by atoms with E-state index >= 15 is 0 Å². The molecule has 0 bridgehead atoms. The Morgan fingerprint density at radius 1 is 0.944 bits per heavy atom. The van der Waals surface area contributed by atoms with Crippen molar-refractivity contribution in [2.24, 2.45) is 17.4 Å². The SMILES string of the molecule is CCCCCCCCCCC(C(N)=O)C(=O)CN. The number of ketones is 1. The highest BCUT2D eigenvalue weighted by atomic mass is 16.2. The summed E-state index contributed by atoms with van der Waals surface area (Å²) < 4.78 is 0. The van der Waals surface area contributed by atoms with Gasteiger partial charge in [-0.25, -0.2) is 0 Å². The van der Waals surface area contributed by atoms with Crippen LogP contribution in [-0.4, -0.2) is 18.2 Å². The third-order valence-electron chi connectivity index (χ3n) is 3.28. The Kier molecular flexibility index (Phi) is 10.6. The first kappa shape index (κ1) is 17.1. The fourth-order valence-corrected chi connectivity index (χ4v) is 2.09. The van der Waals surface area contributed by atoms with Gasteiger partial charge in [0.2, 0.25) is 5.91 Å². The molecular formula is C14H28N2O2.